The molecule has 0 saturated heterocycles. The van der Waals surface area contributed by atoms with E-state index in [0.717, 1.165) is 52.3 Å². The van der Waals surface area contributed by atoms with E-state index in [2.05, 4.69) is 20.0 Å². The molecule has 4 heterocycles. The average molecular weight is 590 g/mol. The molecule has 1 aromatic carbocycles. The molecule has 10 nitrogen and oxygen atoms in total. The van der Waals surface area contributed by atoms with E-state index in [1.54, 1.807) is 6.20 Å². The van der Waals surface area contributed by atoms with Crippen LogP contribution in [0.2, 0.25) is 0 Å². The summed E-state index contributed by atoms with van der Waals surface area (Å²) in [5, 5.41) is 21.0. The minimum atomic E-state index is -5.08. The number of allylic oxidation sites excluding steroid dienone is 3. The van der Waals surface area contributed by atoms with Gasteiger partial charge in [0.05, 0.1) is 30.9 Å². The molecule has 2 aliphatic rings. The van der Waals surface area contributed by atoms with Gasteiger partial charge in [0, 0.05) is 54.2 Å². The third-order valence-electron chi connectivity index (χ3n) is 6.00. The Labute approximate surface area is 236 Å². The van der Waals surface area contributed by atoms with E-state index in [9.17, 15) is 23.1 Å². The number of carboxylic acid groups (broad SMARTS) is 2. The number of nitrogens with zero attached hydrogens (tertiary/aromatic N) is 2. The van der Waals surface area contributed by atoms with Crippen LogP contribution in [0, 0.1) is 0 Å². The average Bonchev–Trinajstić information content (AvgIpc) is 3.59. The number of ether oxygens (including phenoxy) is 1. The smallest absolute Gasteiger partial charge is 0.490 e. The zero-order chi connectivity index (χ0) is 29.4. The van der Waals surface area contributed by atoms with E-state index < -0.39 is 18.1 Å². The lowest BCUT2D eigenvalue weighted by atomic mass is 9.85. The molecule has 0 spiro atoms. The van der Waals surface area contributed by atoms with Crippen LogP contribution in [-0.4, -0.2) is 55.8 Å². The predicted molar refractivity (Wildman–Crippen MR) is 148 cm³/mol. The number of rotatable bonds is 10. The van der Waals surface area contributed by atoms with Crippen LogP contribution < -0.4 is 14.8 Å². The summed E-state index contributed by atoms with van der Waals surface area (Å²) in [6.07, 6.45) is 7.26. The van der Waals surface area contributed by atoms with Crippen molar-refractivity contribution in [2.24, 2.45) is 0 Å². The minimum Gasteiger partial charge on any atom is -0.493 e. The third kappa shape index (κ3) is 7.75. The van der Waals surface area contributed by atoms with E-state index in [4.69, 9.17) is 14.6 Å². The number of nitrogens with one attached hydrogen (secondary N) is 3. The summed E-state index contributed by atoms with van der Waals surface area (Å²) in [6.45, 7) is 1.35. The number of hydrogen-bond acceptors (Lipinski definition) is 8. The summed E-state index contributed by atoms with van der Waals surface area (Å²) in [5.74, 6) is -2.24. The fraction of sp³-hybridized carbons (Fsp3) is 0.222. The first kappa shape index (κ1) is 29.4. The number of aliphatic carboxylic acids is 2. The molecule has 2 aliphatic heterocycles. The highest BCUT2D eigenvalue weighted by Gasteiger charge is 2.38. The zero-order valence-electron chi connectivity index (χ0n) is 21.4. The molecule has 0 aliphatic carbocycles. The van der Waals surface area contributed by atoms with Crippen LogP contribution in [0.5, 0.6) is 5.75 Å². The summed E-state index contributed by atoms with van der Waals surface area (Å²) in [6, 6.07) is 11.7. The highest BCUT2D eigenvalue weighted by molar-refractivity contribution is 7.95. The fourth-order valence-corrected chi connectivity index (χ4v) is 4.86. The Morgan fingerprint density at radius 2 is 2.00 bits per heavy atom. The van der Waals surface area contributed by atoms with Crippen molar-refractivity contribution in [1.29, 1.82) is 0 Å². The van der Waals surface area contributed by atoms with E-state index >= 15 is 0 Å². The molecule has 0 saturated carbocycles. The van der Waals surface area contributed by atoms with Gasteiger partial charge in [-0.25, -0.2) is 9.78 Å². The van der Waals surface area contributed by atoms with Gasteiger partial charge in [0.1, 0.15) is 11.6 Å². The maximum Gasteiger partial charge on any atom is 0.490 e. The number of benzene rings is 1. The second-order valence-corrected chi connectivity index (χ2v) is 9.59. The molecular formula is C27H26F3N5O5S. The summed E-state index contributed by atoms with van der Waals surface area (Å²) < 4.78 is 42.8. The first-order valence-electron chi connectivity index (χ1n) is 12.3. The SMILES string of the molecule is O=C(O)C(F)(F)F.O=C(O)CC(C1=CC=CN2SNC=C12)c1c[nH]c2cc(OCCCNc3ccccn3)ccc12. The topological polar surface area (TPSA) is 140 Å². The standard InChI is InChI=1S/C25H25N5O3S.C2HF3O2/c31-25(32)14-20(19-5-3-11-30-23(19)16-29-34-30)21-15-28-22-13-17(7-8-18(21)22)33-12-4-10-27-24-6-1-2-9-26-24;3-2(4,5)1(6)7/h1-3,5-9,11,13,15-16,20,28-29H,4,10,12,14H2,(H,26,27)(H,31,32);(H,6,7). The minimum absolute atomic E-state index is 0.00396. The highest BCUT2D eigenvalue weighted by atomic mass is 32.2. The van der Waals surface area contributed by atoms with Crippen LogP contribution in [0.4, 0.5) is 19.0 Å². The van der Waals surface area contributed by atoms with Crippen molar-refractivity contribution in [1.82, 2.24) is 19.0 Å². The van der Waals surface area contributed by atoms with E-state index in [1.165, 1.54) is 12.1 Å². The molecule has 14 heteroatoms. The molecular weight excluding hydrogens is 563 g/mol. The Morgan fingerprint density at radius 1 is 1.20 bits per heavy atom. The Morgan fingerprint density at radius 3 is 2.71 bits per heavy atom. The molecule has 216 valence electrons. The Hall–Kier alpha value is -4.59. The van der Waals surface area contributed by atoms with Gasteiger partial charge < -0.3 is 30.0 Å². The Kier molecular flexibility index (Phi) is 9.45. The second-order valence-electron chi connectivity index (χ2n) is 8.78. The molecule has 5 N–H and O–H groups in total. The number of pyridine rings is 1. The first-order valence-corrected chi connectivity index (χ1v) is 13.1. The maximum absolute atomic E-state index is 11.8. The number of carbonyl (C=O) groups is 2. The molecule has 1 atom stereocenters. The molecule has 5 rings (SSSR count). The monoisotopic (exact) mass is 589 g/mol. The van der Waals surface area contributed by atoms with Gasteiger partial charge >= 0.3 is 18.1 Å². The Balaban J connectivity index is 0.000000493. The van der Waals surface area contributed by atoms with Gasteiger partial charge in [0.15, 0.2) is 0 Å². The summed E-state index contributed by atoms with van der Waals surface area (Å²) >= 11 is 1.46. The third-order valence-corrected chi connectivity index (χ3v) is 6.73. The van der Waals surface area contributed by atoms with Crippen LogP contribution >= 0.6 is 12.1 Å². The van der Waals surface area contributed by atoms with Gasteiger partial charge in [0.25, 0.3) is 0 Å². The lowest BCUT2D eigenvalue weighted by molar-refractivity contribution is -0.192. The van der Waals surface area contributed by atoms with Gasteiger partial charge in [-0.15, -0.1) is 0 Å². The van der Waals surface area contributed by atoms with Crippen molar-refractivity contribution in [2.75, 3.05) is 18.5 Å². The summed E-state index contributed by atoms with van der Waals surface area (Å²) in [4.78, 5) is 28.2. The lowest BCUT2D eigenvalue weighted by Gasteiger charge is -2.26. The summed E-state index contributed by atoms with van der Waals surface area (Å²) in [5.41, 5.74) is 3.84. The van der Waals surface area contributed by atoms with Crippen LogP contribution in [0.3, 0.4) is 0 Å². The largest absolute Gasteiger partial charge is 0.493 e. The lowest BCUT2D eigenvalue weighted by Crippen LogP contribution is -2.21. The van der Waals surface area contributed by atoms with Crippen molar-refractivity contribution in [3.05, 3.63) is 90.2 Å². The number of carboxylic acids is 2. The van der Waals surface area contributed by atoms with Crippen LogP contribution in [0.15, 0.2) is 84.6 Å². The molecule has 2 aromatic heterocycles. The van der Waals surface area contributed by atoms with Crippen LogP contribution in [-0.2, 0) is 9.59 Å². The van der Waals surface area contributed by atoms with Crippen molar-refractivity contribution in [3.8, 4) is 5.75 Å². The number of aromatic nitrogens is 2. The van der Waals surface area contributed by atoms with E-state index in [1.807, 2.05) is 71.5 Å². The highest BCUT2D eigenvalue weighted by Crippen LogP contribution is 2.42. The number of anilines is 1. The van der Waals surface area contributed by atoms with Crippen LogP contribution in [0.1, 0.15) is 24.3 Å². The number of alkyl halides is 3. The molecule has 0 fully saturated rings. The Bertz CT molecular complexity index is 1470. The van der Waals surface area contributed by atoms with E-state index in [-0.39, 0.29) is 12.3 Å². The van der Waals surface area contributed by atoms with Crippen LogP contribution in [0.25, 0.3) is 10.9 Å². The van der Waals surface area contributed by atoms with E-state index in [0.29, 0.717) is 6.61 Å². The van der Waals surface area contributed by atoms with Gasteiger partial charge in [0.2, 0.25) is 0 Å². The number of halogens is 3. The van der Waals surface area contributed by atoms with Crippen molar-refractivity contribution in [2.45, 2.75) is 24.9 Å². The zero-order valence-corrected chi connectivity index (χ0v) is 22.2. The number of H-pyrrole nitrogens is 1. The molecule has 3 aromatic rings. The van der Waals surface area contributed by atoms with Crippen molar-refractivity contribution < 1.29 is 37.7 Å². The number of aromatic amines is 1. The maximum atomic E-state index is 11.8. The van der Waals surface area contributed by atoms with Gasteiger partial charge in [-0.3, -0.25) is 9.10 Å². The molecule has 0 amide bonds. The first-order chi connectivity index (χ1) is 19.6. The quantitative estimate of drug-likeness (QED) is 0.154. The predicted octanol–water partition coefficient (Wildman–Crippen LogP) is 5.40. The van der Waals surface area contributed by atoms with Gasteiger partial charge in [-0.05, 0) is 47.9 Å². The van der Waals surface area contributed by atoms with Gasteiger partial charge in [-0.1, -0.05) is 12.1 Å². The molecule has 0 bridgehead atoms. The second kappa shape index (κ2) is 13.2. The number of hydrogen-bond donors (Lipinski definition) is 5. The fourth-order valence-electron chi connectivity index (χ4n) is 4.19. The van der Waals surface area contributed by atoms with Crippen molar-refractivity contribution in [3.63, 3.8) is 0 Å². The molecule has 1 unspecified atom stereocenters. The van der Waals surface area contributed by atoms with Crippen molar-refractivity contribution >= 4 is 40.8 Å². The normalized spacial score (nSPS) is 14.7. The molecule has 41 heavy (non-hydrogen) atoms. The summed E-state index contributed by atoms with van der Waals surface area (Å²) in [7, 11) is 0. The van der Waals surface area contributed by atoms with Gasteiger partial charge in [-0.2, -0.15) is 13.2 Å². The molecule has 0 radical (unpaired) electrons. The number of fused-ring (bicyclic) bond motifs is 2.